The Kier molecular flexibility index (Phi) is 4.74. The van der Waals surface area contributed by atoms with E-state index in [9.17, 15) is 9.59 Å². The number of ether oxygens (including phenoxy) is 2. The van der Waals surface area contributed by atoms with Gasteiger partial charge in [0.15, 0.2) is 11.5 Å². The minimum atomic E-state index is -0.234. The van der Waals surface area contributed by atoms with E-state index in [0.29, 0.717) is 47.8 Å². The van der Waals surface area contributed by atoms with E-state index in [-0.39, 0.29) is 24.0 Å². The van der Waals surface area contributed by atoms with Gasteiger partial charge < -0.3 is 19.8 Å². The number of carbonyl (C=O) groups is 1. The summed E-state index contributed by atoms with van der Waals surface area (Å²) in [6, 6.07) is 14.6. The number of hydrogen-bond acceptors (Lipinski definition) is 5. The van der Waals surface area contributed by atoms with Gasteiger partial charge in [-0.15, -0.1) is 0 Å². The molecule has 1 aliphatic rings. The number of rotatable bonds is 5. The molecule has 7 nitrogen and oxygen atoms in total. The highest BCUT2D eigenvalue weighted by Crippen LogP contribution is 2.30. The summed E-state index contributed by atoms with van der Waals surface area (Å²) < 4.78 is 11.4. The summed E-state index contributed by atoms with van der Waals surface area (Å²) in [6.45, 7) is 0.742. The van der Waals surface area contributed by atoms with Crippen molar-refractivity contribution in [2.75, 3.05) is 13.2 Å². The lowest BCUT2D eigenvalue weighted by atomic mass is 10.2. The molecule has 138 valence electrons. The van der Waals surface area contributed by atoms with Gasteiger partial charge >= 0.3 is 0 Å². The number of H-pyrrole nitrogens is 1. The Morgan fingerprint density at radius 2 is 1.93 bits per heavy atom. The zero-order valence-electron chi connectivity index (χ0n) is 14.6. The third-order valence-electron chi connectivity index (χ3n) is 4.35. The predicted molar refractivity (Wildman–Crippen MR) is 100 cm³/mol. The number of nitrogens with zero attached hydrogens (tertiary/aromatic N) is 1. The molecule has 1 unspecified atom stereocenters. The van der Waals surface area contributed by atoms with Crippen LogP contribution in [0.5, 0.6) is 11.5 Å². The summed E-state index contributed by atoms with van der Waals surface area (Å²) in [6.07, 6.45) is 0.352. The lowest BCUT2D eigenvalue weighted by Gasteiger charge is -2.26. The summed E-state index contributed by atoms with van der Waals surface area (Å²) >= 11 is 0. The second-order valence-corrected chi connectivity index (χ2v) is 6.33. The van der Waals surface area contributed by atoms with Gasteiger partial charge in [-0.05, 0) is 24.3 Å². The average molecular weight is 365 g/mol. The number of para-hydroxylation sites is 3. The van der Waals surface area contributed by atoms with E-state index in [0.717, 1.165) is 0 Å². The van der Waals surface area contributed by atoms with Gasteiger partial charge in [-0.25, -0.2) is 4.98 Å². The SMILES string of the molecule is O=C(CCc1nc2ccccc2c(=O)[nH]1)NCC1COc2ccccc2O1. The van der Waals surface area contributed by atoms with E-state index >= 15 is 0 Å². The van der Waals surface area contributed by atoms with Crippen LogP contribution < -0.4 is 20.3 Å². The van der Waals surface area contributed by atoms with Crippen LogP contribution in [0.4, 0.5) is 0 Å². The molecule has 4 rings (SSSR count). The Bertz CT molecular complexity index is 1030. The molecule has 7 heteroatoms. The molecule has 27 heavy (non-hydrogen) atoms. The number of aromatic amines is 1. The van der Waals surface area contributed by atoms with Gasteiger partial charge in [-0.3, -0.25) is 9.59 Å². The predicted octanol–water partition coefficient (Wildman–Crippen LogP) is 1.81. The number of nitrogens with one attached hydrogen (secondary N) is 2. The van der Waals surface area contributed by atoms with Crippen LogP contribution in [0.15, 0.2) is 53.3 Å². The van der Waals surface area contributed by atoms with Gasteiger partial charge in [-0.1, -0.05) is 24.3 Å². The molecule has 0 bridgehead atoms. The maximum atomic E-state index is 12.1. The zero-order chi connectivity index (χ0) is 18.6. The van der Waals surface area contributed by atoms with E-state index in [4.69, 9.17) is 9.47 Å². The molecule has 0 spiro atoms. The Morgan fingerprint density at radius 1 is 1.15 bits per heavy atom. The molecule has 3 aromatic rings. The number of benzene rings is 2. The first-order chi connectivity index (χ1) is 13.2. The molecular formula is C20H19N3O4. The van der Waals surface area contributed by atoms with Crippen molar-refractivity contribution in [1.29, 1.82) is 0 Å². The molecule has 0 aliphatic carbocycles. The highest BCUT2D eigenvalue weighted by Gasteiger charge is 2.21. The molecule has 0 fully saturated rings. The van der Waals surface area contributed by atoms with Crippen LogP contribution in [-0.2, 0) is 11.2 Å². The lowest BCUT2D eigenvalue weighted by Crippen LogP contribution is -2.40. The number of hydrogen-bond donors (Lipinski definition) is 2. The van der Waals surface area contributed by atoms with Crippen molar-refractivity contribution < 1.29 is 14.3 Å². The fourth-order valence-electron chi connectivity index (χ4n) is 2.96. The molecule has 1 atom stereocenters. The smallest absolute Gasteiger partial charge is 0.258 e. The van der Waals surface area contributed by atoms with Crippen molar-refractivity contribution in [2.45, 2.75) is 18.9 Å². The average Bonchev–Trinajstić information content (AvgIpc) is 2.70. The van der Waals surface area contributed by atoms with Crippen molar-refractivity contribution in [3.05, 3.63) is 64.7 Å². The molecule has 2 N–H and O–H groups in total. The van der Waals surface area contributed by atoms with Crippen molar-refractivity contribution >= 4 is 16.8 Å². The van der Waals surface area contributed by atoms with Gasteiger partial charge in [0.1, 0.15) is 18.5 Å². The molecule has 2 heterocycles. The third-order valence-corrected chi connectivity index (χ3v) is 4.35. The molecule has 0 saturated carbocycles. The van der Waals surface area contributed by atoms with Crippen molar-refractivity contribution in [2.24, 2.45) is 0 Å². The van der Waals surface area contributed by atoms with Crippen LogP contribution in [-0.4, -0.2) is 35.1 Å². The molecule has 2 aromatic carbocycles. The van der Waals surface area contributed by atoms with E-state index in [1.54, 1.807) is 18.2 Å². The summed E-state index contributed by atoms with van der Waals surface area (Å²) in [4.78, 5) is 31.3. The van der Waals surface area contributed by atoms with Crippen LogP contribution in [0, 0.1) is 0 Å². The highest BCUT2D eigenvalue weighted by atomic mass is 16.6. The summed E-state index contributed by atoms with van der Waals surface area (Å²) in [5.74, 6) is 1.76. The lowest BCUT2D eigenvalue weighted by molar-refractivity contribution is -0.121. The van der Waals surface area contributed by atoms with Crippen LogP contribution in [0.3, 0.4) is 0 Å². The number of fused-ring (bicyclic) bond motifs is 2. The molecule has 0 radical (unpaired) electrons. The summed E-state index contributed by atoms with van der Waals surface area (Å²) in [5, 5.41) is 3.38. The number of amides is 1. The second kappa shape index (κ2) is 7.49. The monoisotopic (exact) mass is 365 g/mol. The van der Waals surface area contributed by atoms with Crippen molar-refractivity contribution in [1.82, 2.24) is 15.3 Å². The number of aromatic nitrogens is 2. The first kappa shape index (κ1) is 17.1. The number of carbonyl (C=O) groups excluding carboxylic acids is 1. The maximum Gasteiger partial charge on any atom is 0.258 e. The van der Waals surface area contributed by atoms with Gasteiger partial charge in [-0.2, -0.15) is 0 Å². The second-order valence-electron chi connectivity index (χ2n) is 6.33. The summed E-state index contributed by atoms with van der Waals surface area (Å²) in [5.41, 5.74) is 0.436. The standard InChI is InChI=1S/C20H19N3O4/c24-19(21-11-13-12-26-16-7-3-4-8-17(16)27-13)10-9-18-22-15-6-2-1-5-14(15)20(25)23-18/h1-8,13H,9-12H2,(H,21,24)(H,22,23,25). The normalized spacial score (nSPS) is 15.5. The van der Waals surface area contributed by atoms with E-state index in [1.165, 1.54) is 0 Å². The van der Waals surface area contributed by atoms with E-state index in [1.807, 2.05) is 30.3 Å². The molecule has 1 amide bonds. The zero-order valence-corrected chi connectivity index (χ0v) is 14.6. The third kappa shape index (κ3) is 3.92. The summed E-state index contributed by atoms with van der Waals surface area (Å²) in [7, 11) is 0. The van der Waals surface area contributed by atoms with Crippen LogP contribution in [0.1, 0.15) is 12.2 Å². The molecule has 0 saturated heterocycles. The Labute approximate surface area is 155 Å². The van der Waals surface area contributed by atoms with Crippen LogP contribution in [0.25, 0.3) is 10.9 Å². The quantitative estimate of drug-likeness (QED) is 0.719. The molecule has 1 aliphatic heterocycles. The van der Waals surface area contributed by atoms with Gasteiger partial charge in [0.05, 0.1) is 17.4 Å². The van der Waals surface area contributed by atoms with Crippen LogP contribution in [0.2, 0.25) is 0 Å². The minimum absolute atomic E-state index is 0.131. The first-order valence-corrected chi connectivity index (χ1v) is 8.82. The van der Waals surface area contributed by atoms with Gasteiger partial charge in [0.25, 0.3) is 5.56 Å². The number of aryl methyl sites for hydroxylation is 1. The Balaban J connectivity index is 1.30. The highest BCUT2D eigenvalue weighted by molar-refractivity contribution is 5.78. The maximum absolute atomic E-state index is 12.1. The van der Waals surface area contributed by atoms with E-state index in [2.05, 4.69) is 15.3 Å². The van der Waals surface area contributed by atoms with E-state index < -0.39 is 0 Å². The first-order valence-electron chi connectivity index (χ1n) is 8.82. The Hall–Kier alpha value is -3.35. The van der Waals surface area contributed by atoms with Crippen molar-refractivity contribution in [3.8, 4) is 11.5 Å². The fourth-order valence-corrected chi connectivity index (χ4v) is 2.96. The minimum Gasteiger partial charge on any atom is -0.486 e. The molecular weight excluding hydrogens is 346 g/mol. The molecule has 1 aromatic heterocycles. The van der Waals surface area contributed by atoms with Crippen LogP contribution >= 0.6 is 0 Å². The van der Waals surface area contributed by atoms with Gasteiger partial charge in [0, 0.05) is 12.8 Å². The fraction of sp³-hybridized carbons (Fsp3) is 0.250. The van der Waals surface area contributed by atoms with Gasteiger partial charge in [0.2, 0.25) is 5.91 Å². The van der Waals surface area contributed by atoms with Crippen molar-refractivity contribution in [3.63, 3.8) is 0 Å². The largest absolute Gasteiger partial charge is 0.486 e. The topological polar surface area (TPSA) is 93.3 Å². The Morgan fingerprint density at radius 3 is 2.81 bits per heavy atom.